The van der Waals surface area contributed by atoms with Crippen LogP contribution in [0.15, 0.2) is 102 Å². The standard InChI is InChI=1S/C29H16N2OS/c1-4-12-20-17(9-1)24-25-18-10-2-5-13-21(18)32-28(25)26-19-11-3-6-14-22(19)33-29(26)27(24)31(20)23-15-7-8-16-30-23/h1-16H. The number of nitrogens with zero attached hydrogens (tertiary/aromatic N) is 2. The first-order chi connectivity index (χ1) is 16.4. The quantitative estimate of drug-likeness (QED) is 0.256. The molecular formula is C29H16N2OS. The molecule has 0 aliphatic carbocycles. The van der Waals surface area contributed by atoms with Gasteiger partial charge in [-0.05, 0) is 30.3 Å². The van der Waals surface area contributed by atoms with Gasteiger partial charge in [-0.3, -0.25) is 4.57 Å². The van der Waals surface area contributed by atoms with Crippen LogP contribution in [0.1, 0.15) is 0 Å². The first-order valence-electron chi connectivity index (χ1n) is 11.0. The number of benzene rings is 4. The van der Waals surface area contributed by atoms with E-state index in [1.54, 1.807) is 0 Å². The van der Waals surface area contributed by atoms with E-state index in [4.69, 9.17) is 9.40 Å². The lowest BCUT2D eigenvalue weighted by Crippen LogP contribution is -1.96. The number of rotatable bonds is 1. The fourth-order valence-electron chi connectivity index (χ4n) is 5.34. The molecular weight excluding hydrogens is 424 g/mol. The van der Waals surface area contributed by atoms with Crippen LogP contribution in [0, 0.1) is 0 Å². The third-order valence-electron chi connectivity index (χ3n) is 6.64. The van der Waals surface area contributed by atoms with Gasteiger partial charge >= 0.3 is 0 Å². The van der Waals surface area contributed by atoms with Crippen molar-refractivity contribution in [3.05, 3.63) is 97.2 Å². The molecule has 0 radical (unpaired) electrons. The summed E-state index contributed by atoms with van der Waals surface area (Å²) in [5.74, 6) is 0.926. The molecule has 0 unspecified atom stereocenters. The highest BCUT2D eigenvalue weighted by Crippen LogP contribution is 2.50. The molecule has 4 aromatic carbocycles. The van der Waals surface area contributed by atoms with Crippen LogP contribution in [-0.4, -0.2) is 9.55 Å². The second kappa shape index (κ2) is 6.21. The Morgan fingerprint density at radius 2 is 1.42 bits per heavy atom. The maximum absolute atomic E-state index is 6.59. The number of para-hydroxylation sites is 2. The van der Waals surface area contributed by atoms with E-state index in [0.717, 1.165) is 27.9 Å². The molecule has 0 saturated heterocycles. The molecule has 0 spiro atoms. The molecule has 0 amide bonds. The van der Waals surface area contributed by atoms with Crippen LogP contribution in [0.4, 0.5) is 0 Å². The lowest BCUT2D eigenvalue weighted by atomic mass is 10.0. The average Bonchev–Trinajstić information content (AvgIpc) is 3.54. The van der Waals surface area contributed by atoms with Crippen molar-refractivity contribution in [1.82, 2.24) is 9.55 Å². The van der Waals surface area contributed by atoms with E-state index in [2.05, 4.69) is 83.4 Å². The van der Waals surface area contributed by atoms with Crippen molar-refractivity contribution >= 4 is 75.3 Å². The molecule has 0 bridgehead atoms. The van der Waals surface area contributed by atoms with Crippen LogP contribution in [0.3, 0.4) is 0 Å². The van der Waals surface area contributed by atoms with E-state index in [0.29, 0.717) is 0 Å². The van der Waals surface area contributed by atoms with Crippen LogP contribution in [0.25, 0.3) is 69.7 Å². The summed E-state index contributed by atoms with van der Waals surface area (Å²) >= 11 is 1.83. The summed E-state index contributed by atoms with van der Waals surface area (Å²) in [6.45, 7) is 0. The molecule has 8 aromatic rings. The maximum atomic E-state index is 6.59. The van der Waals surface area contributed by atoms with E-state index in [1.165, 1.54) is 41.8 Å². The Labute approximate surface area is 192 Å². The van der Waals surface area contributed by atoms with Crippen molar-refractivity contribution in [3.63, 3.8) is 0 Å². The van der Waals surface area contributed by atoms with Crippen LogP contribution in [0.5, 0.6) is 0 Å². The van der Waals surface area contributed by atoms with Crippen LogP contribution in [0.2, 0.25) is 0 Å². The number of thiophene rings is 1. The van der Waals surface area contributed by atoms with Gasteiger partial charge < -0.3 is 4.42 Å². The highest BCUT2D eigenvalue weighted by atomic mass is 32.1. The maximum Gasteiger partial charge on any atom is 0.145 e. The molecule has 33 heavy (non-hydrogen) atoms. The van der Waals surface area contributed by atoms with Crippen molar-refractivity contribution in [2.75, 3.05) is 0 Å². The monoisotopic (exact) mass is 440 g/mol. The molecule has 3 nitrogen and oxygen atoms in total. The number of hydrogen-bond acceptors (Lipinski definition) is 3. The summed E-state index contributed by atoms with van der Waals surface area (Å²) in [5, 5.41) is 7.21. The SMILES string of the molecule is c1ccc(-n2c3ccccc3c3c4c5ccccc5oc4c4c5ccccc5sc4c32)nc1. The molecule has 4 aromatic heterocycles. The van der Waals surface area contributed by atoms with Crippen LogP contribution >= 0.6 is 11.3 Å². The lowest BCUT2D eigenvalue weighted by Gasteiger charge is -2.07. The minimum atomic E-state index is 0.922. The number of fused-ring (bicyclic) bond motifs is 12. The van der Waals surface area contributed by atoms with Gasteiger partial charge in [0.2, 0.25) is 0 Å². The van der Waals surface area contributed by atoms with Crippen molar-refractivity contribution < 1.29 is 4.42 Å². The highest BCUT2D eigenvalue weighted by molar-refractivity contribution is 7.27. The van der Waals surface area contributed by atoms with Gasteiger partial charge in [0.1, 0.15) is 17.0 Å². The van der Waals surface area contributed by atoms with Gasteiger partial charge in [0.05, 0.1) is 15.7 Å². The van der Waals surface area contributed by atoms with Crippen LogP contribution in [-0.2, 0) is 0 Å². The fraction of sp³-hybridized carbons (Fsp3) is 0. The second-order valence-electron chi connectivity index (χ2n) is 8.37. The summed E-state index contributed by atoms with van der Waals surface area (Å²) in [4.78, 5) is 4.76. The van der Waals surface area contributed by atoms with Crippen molar-refractivity contribution in [2.45, 2.75) is 0 Å². The summed E-state index contributed by atoms with van der Waals surface area (Å²) < 4.78 is 11.4. The van der Waals surface area contributed by atoms with E-state index in [1.807, 2.05) is 29.7 Å². The Balaban J connectivity index is 1.80. The Kier molecular flexibility index (Phi) is 3.28. The van der Waals surface area contributed by atoms with Gasteiger partial charge in [-0.25, -0.2) is 4.98 Å². The average molecular weight is 441 g/mol. The number of furan rings is 1. The fourth-order valence-corrected chi connectivity index (χ4v) is 6.58. The molecule has 154 valence electrons. The van der Waals surface area contributed by atoms with Gasteiger partial charge in [0, 0.05) is 43.2 Å². The molecule has 0 N–H and O–H groups in total. The van der Waals surface area contributed by atoms with Crippen molar-refractivity contribution in [1.29, 1.82) is 0 Å². The summed E-state index contributed by atoms with van der Waals surface area (Å²) in [6.07, 6.45) is 1.86. The van der Waals surface area contributed by atoms with Gasteiger partial charge in [-0.1, -0.05) is 60.7 Å². The Bertz CT molecular complexity index is 2030. The van der Waals surface area contributed by atoms with Gasteiger partial charge in [0.15, 0.2) is 0 Å². The molecule has 4 heterocycles. The van der Waals surface area contributed by atoms with Gasteiger partial charge in [0.25, 0.3) is 0 Å². The summed E-state index contributed by atoms with van der Waals surface area (Å²) in [7, 11) is 0. The van der Waals surface area contributed by atoms with Crippen molar-refractivity contribution in [3.8, 4) is 5.82 Å². The van der Waals surface area contributed by atoms with Crippen molar-refractivity contribution in [2.24, 2.45) is 0 Å². The molecule has 4 heteroatoms. The summed E-state index contributed by atoms with van der Waals surface area (Å²) in [6, 6.07) is 31.8. The summed E-state index contributed by atoms with van der Waals surface area (Å²) in [5.41, 5.74) is 4.25. The largest absolute Gasteiger partial charge is 0.455 e. The first-order valence-corrected chi connectivity index (χ1v) is 11.8. The lowest BCUT2D eigenvalue weighted by molar-refractivity contribution is 0.673. The molecule has 0 fully saturated rings. The topological polar surface area (TPSA) is 31.0 Å². The third-order valence-corrected chi connectivity index (χ3v) is 7.81. The Morgan fingerprint density at radius 1 is 0.667 bits per heavy atom. The van der Waals surface area contributed by atoms with E-state index >= 15 is 0 Å². The predicted octanol–water partition coefficient (Wildman–Crippen LogP) is 8.45. The highest BCUT2D eigenvalue weighted by Gasteiger charge is 2.25. The number of aromatic nitrogens is 2. The van der Waals surface area contributed by atoms with E-state index < -0.39 is 0 Å². The molecule has 0 atom stereocenters. The molecule has 8 rings (SSSR count). The molecule has 0 aliphatic heterocycles. The first kappa shape index (κ1) is 17.4. The normalized spacial score (nSPS) is 12.2. The minimum Gasteiger partial charge on any atom is -0.455 e. The van der Waals surface area contributed by atoms with Crippen LogP contribution < -0.4 is 0 Å². The Hall–Kier alpha value is -4.15. The smallest absolute Gasteiger partial charge is 0.145 e. The zero-order chi connectivity index (χ0) is 21.5. The van der Waals surface area contributed by atoms with Gasteiger partial charge in [-0.2, -0.15) is 0 Å². The van der Waals surface area contributed by atoms with E-state index in [9.17, 15) is 0 Å². The zero-order valence-electron chi connectivity index (χ0n) is 17.4. The third kappa shape index (κ3) is 2.16. The zero-order valence-corrected chi connectivity index (χ0v) is 18.3. The molecule has 0 aliphatic rings. The van der Waals surface area contributed by atoms with Gasteiger partial charge in [-0.15, -0.1) is 11.3 Å². The number of pyridine rings is 1. The number of hydrogen-bond donors (Lipinski definition) is 0. The predicted molar refractivity (Wildman–Crippen MR) is 139 cm³/mol. The Morgan fingerprint density at radius 3 is 2.30 bits per heavy atom. The molecule has 0 saturated carbocycles. The second-order valence-corrected chi connectivity index (χ2v) is 9.42. The minimum absolute atomic E-state index is 0.922. The van der Waals surface area contributed by atoms with E-state index in [-0.39, 0.29) is 0 Å².